The Labute approximate surface area is 133 Å². The van der Waals surface area contributed by atoms with E-state index in [9.17, 15) is 13.2 Å². The molecule has 0 aliphatic rings. The molecular formula is C13H18INO4S. The van der Waals surface area contributed by atoms with Crippen LogP contribution in [-0.4, -0.2) is 37.4 Å². The van der Waals surface area contributed by atoms with Crippen LogP contribution in [0.4, 0.5) is 0 Å². The van der Waals surface area contributed by atoms with Gasteiger partial charge in [-0.05, 0) is 46.2 Å². The quantitative estimate of drug-likeness (QED) is 0.774. The fourth-order valence-electron chi connectivity index (χ4n) is 1.76. The first-order chi connectivity index (χ1) is 8.95. The monoisotopic (exact) mass is 411 g/mol. The lowest BCUT2D eigenvalue weighted by Crippen LogP contribution is -2.34. The standard InChI is InChI=1S/C13H18INO4S/c1-13(2,3)8-15(4)20(18,19)9-5-6-11(14)10(7-9)12(16)17/h5-7H,8H2,1-4H3,(H,16,17). The second-order valence-corrected chi connectivity index (χ2v) is 8.98. The van der Waals surface area contributed by atoms with Gasteiger partial charge in [0.25, 0.3) is 0 Å². The first-order valence-corrected chi connectivity index (χ1v) is 8.46. The highest BCUT2D eigenvalue weighted by atomic mass is 127. The van der Waals surface area contributed by atoms with E-state index in [1.807, 2.05) is 43.4 Å². The predicted octanol–water partition coefficient (Wildman–Crippen LogP) is 2.66. The van der Waals surface area contributed by atoms with E-state index < -0.39 is 16.0 Å². The molecule has 0 aliphatic carbocycles. The van der Waals surface area contributed by atoms with Crippen molar-refractivity contribution < 1.29 is 18.3 Å². The van der Waals surface area contributed by atoms with Gasteiger partial charge < -0.3 is 5.11 Å². The molecule has 0 bridgehead atoms. The number of halogens is 1. The van der Waals surface area contributed by atoms with Gasteiger partial charge in [0.1, 0.15) is 0 Å². The van der Waals surface area contributed by atoms with Crippen molar-refractivity contribution in [2.75, 3.05) is 13.6 Å². The van der Waals surface area contributed by atoms with Crippen LogP contribution in [0.15, 0.2) is 23.1 Å². The van der Waals surface area contributed by atoms with E-state index in [4.69, 9.17) is 5.11 Å². The summed E-state index contributed by atoms with van der Waals surface area (Å²) in [6.07, 6.45) is 0. The Morgan fingerprint density at radius 1 is 1.35 bits per heavy atom. The highest BCUT2D eigenvalue weighted by Gasteiger charge is 2.26. The van der Waals surface area contributed by atoms with E-state index in [0.717, 1.165) is 0 Å². The summed E-state index contributed by atoms with van der Waals surface area (Å²) in [6.45, 7) is 6.17. The number of aromatic carboxylic acids is 1. The fourth-order valence-corrected chi connectivity index (χ4v) is 3.75. The summed E-state index contributed by atoms with van der Waals surface area (Å²) in [5.74, 6) is -1.13. The van der Waals surface area contributed by atoms with Crippen molar-refractivity contribution in [3.8, 4) is 0 Å². The SMILES string of the molecule is CN(CC(C)(C)C)S(=O)(=O)c1ccc(I)c(C(=O)O)c1. The molecule has 0 atom stereocenters. The maximum absolute atomic E-state index is 12.4. The third kappa shape index (κ3) is 4.16. The van der Waals surface area contributed by atoms with E-state index in [1.165, 1.54) is 29.6 Å². The number of carbonyl (C=O) groups is 1. The van der Waals surface area contributed by atoms with Crippen LogP contribution in [0, 0.1) is 8.99 Å². The highest BCUT2D eigenvalue weighted by Crippen LogP contribution is 2.23. The molecule has 1 rings (SSSR count). The summed E-state index contributed by atoms with van der Waals surface area (Å²) in [6, 6.07) is 4.14. The summed E-state index contributed by atoms with van der Waals surface area (Å²) in [5.41, 5.74) is -0.184. The lowest BCUT2D eigenvalue weighted by atomic mass is 9.97. The first kappa shape index (κ1) is 17.4. The molecule has 0 fully saturated rings. The molecule has 0 unspecified atom stereocenters. The molecule has 20 heavy (non-hydrogen) atoms. The first-order valence-electron chi connectivity index (χ1n) is 5.94. The van der Waals surface area contributed by atoms with Crippen LogP contribution < -0.4 is 0 Å². The number of benzene rings is 1. The van der Waals surface area contributed by atoms with Gasteiger partial charge in [0.15, 0.2) is 0 Å². The molecule has 0 saturated heterocycles. The van der Waals surface area contributed by atoms with Gasteiger partial charge in [0.05, 0.1) is 10.5 Å². The summed E-state index contributed by atoms with van der Waals surface area (Å²) in [4.78, 5) is 11.1. The zero-order valence-corrected chi connectivity index (χ0v) is 14.8. The van der Waals surface area contributed by atoms with Crippen LogP contribution in [0.1, 0.15) is 31.1 Å². The Morgan fingerprint density at radius 2 is 1.90 bits per heavy atom. The van der Waals surface area contributed by atoms with Crippen molar-refractivity contribution in [2.24, 2.45) is 5.41 Å². The minimum Gasteiger partial charge on any atom is -0.478 e. The molecule has 0 spiro atoms. The lowest BCUT2D eigenvalue weighted by molar-refractivity contribution is 0.0695. The third-order valence-corrected chi connectivity index (χ3v) is 5.31. The average Bonchev–Trinajstić information content (AvgIpc) is 2.26. The molecule has 0 amide bonds. The van der Waals surface area contributed by atoms with Crippen molar-refractivity contribution in [2.45, 2.75) is 25.7 Å². The summed E-state index contributed by atoms with van der Waals surface area (Å²) in [5, 5.41) is 9.07. The maximum atomic E-state index is 12.4. The Kier molecular flexibility index (Phi) is 5.20. The van der Waals surface area contributed by atoms with Crippen molar-refractivity contribution in [3.05, 3.63) is 27.3 Å². The zero-order chi connectivity index (χ0) is 15.7. The number of carboxylic acids is 1. The van der Waals surface area contributed by atoms with Crippen LogP contribution >= 0.6 is 22.6 Å². The molecule has 1 aromatic rings. The van der Waals surface area contributed by atoms with Crippen LogP contribution in [0.5, 0.6) is 0 Å². The second-order valence-electron chi connectivity index (χ2n) is 5.77. The van der Waals surface area contributed by atoms with Crippen molar-refractivity contribution in [3.63, 3.8) is 0 Å². The summed E-state index contributed by atoms with van der Waals surface area (Å²) >= 11 is 1.87. The molecule has 1 aromatic carbocycles. The maximum Gasteiger partial charge on any atom is 0.336 e. The van der Waals surface area contributed by atoms with Crippen molar-refractivity contribution in [1.82, 2.24) is 4.31 Å². The van der Waals surface area contributed by atoms with Crippen LogP contribution in [-0.2, 0) is 10.0 Å². The average molecular weight is 411 g/mol. The molecule has 0 heterocycles. The van der Waals surface area contributed by atoms with Crippen molar-refractivity contribution in [1.29, 1.82) is 0 Å². The fraction of sp³-hybridized carbons (Fsp3) is 0.462. The number of sulfonamides is 1. The van der Waals surface area contributed by atoms with Crippen LogP contribution in [0.2, 0.25) is 0 Å². The Hall–Kier alpha value is -0.670. The Balaban J connectivity index is 3.23. The Morgan fingerprint density at radius 3 is 2.35 bits per heavy atom. The van der Waals surface area contributed by atoms with Gasteiger partial charge in [-0.2, -0.15) is 0 Å². The van der Waals surface area contributed by atoms with Gasteiger partial charge in [-0.25, -0.2) is 17.5 Å². The second kappa shape index (κ2) is 5.98. The molecule has 5 nitrogen and oxygen atoms in total. The minimum absolute atomic E-state index is 0.00191. The van der Waals surface area contributed by atoms with Gasteiger partial charge in [0, 0.05) is 17.2 Å². The van der Waals surface area contributed by atoms with E-state index in [0.29, 0.717) is 10.1 Å². The van der Waals surface area contributed by atoms with E-state index in [-0.39, 0.29) is 15.9 Å². The molecule has 1 N–H and O–H groups in total. The molecule has 0 radical (unpaired) electrons. The van der Waals surface area contributed by atoms with Crippen LogP contribution in [0.25, 0.3) is 0 Å². The summed E-state index contributed by atoms with van der Waals surface area (Å²) < 4.78 is 26.6. The largest absolute Gasteiger partial charge is 0.478 e. The number of hydrogen-bond acceptors (Lipinski definition) is 3. The van der Waals surface area contributed by atoms with Crippen LogP contribution in [0.3, 0.4) is 0 Å². The van der Waals surface area contributed by atoms with Gasteiger partial charge in [-0.1, -0.05) is 20.8 Å². The highest BCUT2D eigenvalue weighted by molar-refractivity contribution is 14.1. The molecular weight excluding hydrogens is 393 g/mol. The van der Waals surface area contributed by atoms with Gasteiger partial charge in [-0.3, -0.25) is 0 Å². The Bertz CT molecular complexity index is 620. The van der Waals surface area contributed by atoms with Gasteiger partial charge in [-0.15, -0.1) is 0 Å². The number of carboxylic acid groups (broad SMARTS) is 1. The van der Waals surface area contributed by atoms with Gasteiger partial charge in [0.2, 0.25) is 10.0 Å². The molecule has 7 heteroatoms. The zero-order valence-electron chi connectivity index (χ0n) is 11.8. The topological polar surface area (TPSA) is 74.7 Å². The smallest absolute Gasteiger partial charge is 0.336 e. The molecule has 0 aliphatic heterocycles. The van der Waals surface area contributed by atoms with Gasteiger partial charge >= 0.3 is 5.97 Å². The third-order valence-electron chi connectivity index (χ3n) is 2.57. The summed E-state index contributed by atoms with van der Waals surface area (Å²) in [7, 11) is -2.18. The van der Waals surface area contributed by atoms with Crippen molar-refractivity contribution >= 4 is 38.6 Å². The lowest BCUT2D eigenvalue weighted by Gasteiger charge is -2.26. The van der Waals surface area contributed by atoms with E-state index in [1.54, 1.807) is 0 Å². The number of hydrogen-bond donors (Lipinski definition) is 1. The molecule has 0 saturated carbocycles. The predicted molar refractivity (Wildman–Crippen MR) is 85.4 cm³/mol. The normalized spacial score (nSPS) is 12.7. The number of nitrogens with zero attached hydrogens (tertiary/aromatic N) is 1. The molecule has 0 aromatic heterocycles. The van der Waals surface area contributed by atoms with E-state index >= 15 is 0 Å². The number of rotatable bonds is 4. The minimum atomic E-state index is -3.68. The van der Waals surface area contributed by atoms with E-state index in [2.05, 4.69) is 0 Å². The molecule has 112 valence electrons.